The Balaban J connectivity index is 2.13. The molecular formula is C18H15ClN2O6. The number of anilines is 1. The van der Waals surface area contributed by atoms with Gasteiger partial charge in [-0.15, -0.1) is 0 Å². The maximum absolute atomic E-state index is 12.4. The second-order valence-corrected chi connectivity index (χ2v) is 6.03. The van der Waals surface area contributed by atoms with Crippen molar-refractivity contribution in [3.8, 4) is 0 Å². The van der Waals surface area contributed by atoms with E-state index in [4.69, 9.17) is 16.3 Å². The van der Waals surface area contributed by atoms with Gasteiger partial charge in [0.2, 0.25) is 11.7 Å². The third-order valence-corrected chi connectivity index (χ3v) is 3.75. The number of carbonyl (C=O) groups excluding carboxylic acids is 3. The van der Waals surface area contributed by atoms with Gasteiger partial charge in [-0.2, -0.15) is 0 Å². The molecule has 0 bridgehead atoms. The van der Waals surface area contributed by atoms with Crippen molar-refractivity contribution in [2.75, 3.05) is 5.32 Å². The summed E-state index contributed by atoms with van der Waals surface area (Å²) >= 11 is 5.71. The van der Waals surface area contributed by atoms with Crippen molar-refractivity contribution in [2.24, 2.45) is 0 Å². The number of carbonyl (C=O) groups is 3. The largest absolute Gasteiger partial charge is 0.450 e. The van der Waals surface area contributed by atoms with E-state index in [1.807, 2.05) is 0 Å². The molecule has 8 nitrogen and oxygen atoms in total. The zero-order valence-corrected chi connectivity index (χ0v) is 15.1. The van der Waals surface area contributed by atoms with Crippen molar-refractivity contribution >= 4 is 40.6 Å². The van der Waals surface area contributed by atoms with Crippen LogP contribution in [0, 0.1) is 10.1 Å². The first-order valence-corrected chi connectivity index (χ1v) is 8.13. The predicted molar refractivity (Wildman–Crippen MR) is 98.1 cm³/mol. The number of nitrogens with one attached hydrogen (secondary N) is 1. The molecule has 0 aliphatic rings. The van der Waals surface area contributed by atoms with E-state index in [2.05, 4.69) is 5.32 Å². The van der Waals surface area contributed by atoms with Gasteiger partial charge in [-0.25, -0.2) is 4.79 Å². The predicted octanol–water partition coefficient (Wildman–Crippen LogP) is 3.63. The molecular weight excluding hydrogens is 376 g/mol. The lowest BCUT2D eigenvalue weighted by atomic mass is 10.1. The highest BCUT2D eigenvalue weighted by Gasteiger charge is 2.26. The van der Waals surface area contributed by atoms with Crippen LogP contribution >= 0.6 is 11.6 Å². The fourth-order valence-corrected chi connectivity index (χ4v) is 2.43. The molecule has 140 valence electrons. The molecule has 0 saturated carbocycles. The summed E-state index contributed by atoms with van der Waals surface area (Å²) in [4.78, 5) is 45.9. The van der Waals surface area contributed by atoms with E-state index in [1.165, 1.54) is 50.2 Å². The molecule has 0 heterocycles. The number of ketones is 1. The Morgan fingerprint density at radius 1 is 1.15 bits per heavy atom. The summed E-state index contributed by atoms with van der Waals surface area (Å²) in [7, 11) is 0. The molecule has 0 aromatic heterocycles. The summed E-state index contributed by atoms with van der Waals surface area (Å²) < 4.78 is 5.07. The van der Waals surface area contributed by atoms with Crippen molar-refractivity contribution in [3.05, 3.63) is 68.7 Å². The average molecular weight is 391 g/mol. The summed E-state index contributed by atoms with van der Waals surface area (Å²) in [5, 5.41) is 13.7. The number of halogens is 1. The van der Waals surface area contributed by atoms with E-state index in [0.717, 1.165) is 6.07 Å². The highest BCUT2D eigenvalue weighted by molar-refractivity contribution is 6.31. The first-order chi connectivity index (χ1) is 12.7. The SMILES string of the molecule is CC(=O)Nc1ccc(C(=O)C(C)OC(=O)c2ccc(Cl)cc2[N+](=O)[O-])cc1. The lowest BCUT2D eigenvalue weighted by molar-refractivity contribution is -0.385. The third-order valence-electron chi connectivity index (χ3n) is 3.52. The van der Waals surface area contributed by atoms with E-state index in [0.29, 0.717) is 5.69 Å². The second kappa shape index (κ2) is 8.41. The van der Waals surface area contributed by atoms with Crippen LogP contribution in [0.5, 0.6) is 0 Å². The molecule has 0 aliphatic carbocycles. The van der Waals surface area contributed by atoms with Gasteiger partial charge in [0, 0.05) is 29.3 Å². The summed E-state index contributed by atoms with van der Waals surface area (Å²) in [5.74, 6) is -1.75. The van der Waals surface area contributed by atoms with E-state index in [-0.39, 0.29) is 22.1 Å². The number of benzene rings is 2. The lowest BCUT2D eigenvalue weighted by Gasteiger charge is -2.13. The number of nitro benzene ring substituents is 1. The number of hydrogen-bond acceptors (Lipinski definition) is 6. The van der Waals surface area contributed by atoms with Gasteiger partial charge in [0.25, 0.3) is 5.69 Å². The minimum absolute atomic E-state index is 0.0987. The fraction of sp³-hybridized carbons (Fsp3) is 0.167. The van der Waals surface area contributed by atoms with Crippen LogP contribution in [0.25, 0.3) is 0 Å². The molecule has 1 N–H and O–H groups in total. The molecule has 0 saturated heterocycles. The smallest absolute Gasteiger partial charge is 0.345 e. The van der Waals surface area contributed by atoms with Crippen molar-refractivity contribution in [1.29, 1.82) is 0 Å². The van der Waals surface area contributed by atoms with Crippen molar-refractivity contribution in [3.63, 3.8) is 0 Å². The van der Waals surface area contributed by atoms with Crippen LogP contribution in [0.2, 0.25) is 5.02 Å². The van der Waals surface area contributed by atoms with Gasteiger partial charge in [0.15, 0.2) is 6.10 Å². The van der Waals surface area contributed by atoms with Crippen LogP contribution in [0.1, 0.15) is 34.6 Å². The van der Waals surface area contributed by atoms with Gasteiger partial charge in [0.05, 0.1) is 4.92 Å². The molecule has 2 aromatic rings. The summed E-state index contributed by atoms with van der Waals surface area (Å²) in [5.41, 5.74) is -0.0349. The molecule has 0 aliphatic heterocycles. The van der Waals surface area contributed by atoms with E-state index >= 15 is 0 Å². The quantitative estimate of drug-likeness (QED) is 0.348. The maximum Gasteiger partial charge on any atom is 0.345 e. The Morgan fingerprint density at radius 3 is 2.33 bits per heavy atom. The van der Waals surface area contributed by atoms with Crippen LogP contribution < -0.4 is 5.32 Å². The molecule has 27 heavy (non-hydrogen) atoms. The Morgan fingerprint density at radius 2 is 1.78 bits per heavy atom. The number of hydrogen-bond donors (Lipinski definition) is 1. The Kier molecular flexibility index (Phi) is 6.25. The Hall–Kier alpha value is -3.26. The molecule has 2 rings (SSSR count). The molecule has 0 radical (unpaired) electrons. The van der Waals surface area contributed by atoms with Gasteiger partial charge in [0.1, 0.15) is 5.56 Å². The minimum atomic E-state index is -1.17. The van der Waals surface area contributed by atoms with Crippen molar-refractivity contribution in [1.82, 2.24) is 0 Å². The van der Waals surface area contributed by atoms with Crippen LogP contribution in [0.3, 0.4) is 0 Å². The standard InChI is InChI=1S/C18H15ClN2O6/c1-10(17(23)12-3-6-14(7-4-12)20-11(2)22)27-18(24)15-8-5-13(19)9-16(15)21(25)26/h3-10H,1-2H3,(H,20,22). The monoisotopic (exact) mass is 390 g/mol. The van der Waals surface area contributed by atoms with Gasteiger partial charge in [-0.3, -0.25) is 19.7 Å². The van der Waals surface area contributed by atoms with Gasteiger partial charge >= 0.3 is 5.97 Å². The zero-order chi connectivity index (χ0) is 20.1. The lowest BCUT2D eigenvalue weighted by Crippen LogP contribution is -2.24. The highest BCUT2D eigenvalue weighted by atomic mass is 35.5. The topological polar surface area (TPSA) is 116 Å². The summed E-state index contributed by atoms with van der Waals surface area (Å²) in [6, 6.07) is 9.54. The number of ether oxygens (including phenoxy) is 1. The number of esters is 1. The minimum Gasteiger partial charge on any atom is -0.450 e. The molecule has 0 spiro atoms. The van der Waals surface area contributed by atoms with Gasteiger partial charge in [-0.05, 0) is 43.3 Å². The third kappa shape index (κ3) is 5.11. The van der Waals surface area contributed by atoms with Gasteiger partial charge < -0.3 is 10.1 Å². The van der Waals surface area contributed by atoms with Crippen LogP contribution in [-0.2, 0) is 9.53 Å². The first kappa shape index (κ1) is 20.1. The maximum atomic E-state index is 12.4. The average Bonchev–Trinajstić information content (AvgIpc) is 2.60. The summed E-state index contributed by atoms with van der Waals surface area (Å²) in [6.07, 6.45) is -1.17. The molecule has 0 fully saturated rings. The van der Waals surface area contributed by atoms with Crippen molar-refractivity contribution in [2.45, 2.75) is 20.0 Å². The zero-order valence-electron chi connectivity index (χ0n) is 14.4. The Labute approximate surface area is 159 Å². The molecule has 2 aromatic carbocycles. The number of nitrogens with zero attached hydrogens (tertiary/aromatic N) is 1. The molecule has 1 unspecified atom stereocenters. The summed E-state index contributed by atoms with van der Waals surface area (Å²) in [6.45, 7) is 2.72. The van der Waals surface area contributed by atoms with Crippen LogP contribution in [0.15, 0.2) is 42.5 Å². The van der Waals surface area contributed by atoms with Crippen LogP contribution in [0.4, 0.5) is 11.4 Å². The fourth-order valence-electron chi connectivity index (χ4n) is 2.26. The number of rotatable bonds is 6. The molecule has 1 amide bonds. The number of nitro groups is 1. The van der Waals surface area contributed by atoms with E-state index in [9.17, 15) is 24.5 Å². The number of amides is 1. The van der Waals surface area contributed by atoms with E-state index < -0.39 is 28.5 Å². The van der Waals surface area contributed by atoms with Gasteiger partial charge in [-0.1, -0.05) is 11.6 Å². The van der Waals surface area contributed by atoms with Crippen molar-refractivity contribution < 1.29 is 24.0 Å². The van der Waals surface area contributed by atoms with E-state index in [1.54, 1.807) is 0 Å². The van der Waals surface area contributed by atoms with Crippen LogP contribution in [-0.4, -0.2) is 28.7 Å². The highest BCUT2D eigenvalue weighted by Crippen LogP contribution is 2.24. The first-order valence-electron chi connectivity index (χ1n) is 7.76. The Bertz CT molecular complexity index is 911. The normalized spacial score (nSPS) is 11.4. The molecule has 1 atom stereocenters. The second-order valence-electron chi connectivity index (χ2n) is 5.59. The molecule has 9 heteroatoms. The number of Topliss-reactive ketones (excluding diaryl/α,β-unsaturated/α-hetero) is 1.